The van der Waals surface area contributed by atoms with Crippen molar-refractivity contribution in [2.24, 2.45) is 5.92 Å². The van der Waals surface area contributed by atoms with Gasteiger partial charge in [0, 0.05) is 17.7 Å². The topological polar surface area (TPSA) is 79.5 Å². The zero-order chi connectivity index (χ0) is 20.4. The molecule has 1 aliphatic carbocycles. The lowest BCUT2D eigenvalue weighted by molar-refractivity contribution is -0.119. The van der Waals surface area contributed by atoms with Crippen molar-refractivity contribution in [1.82, 2.24) is 9.47 Å². The normalized spacial score (nSPS) is 22.2. The Morgan fingerprint density at radius 2 is 1.79 bits per heavy atom. The van der Waals surface area contributed by atoms with E-state index in [0.717, 1.165) is 50.0 Å². The Labute approximate surface area is 172 Å². The highest BCUT2D eigenvalue weighted by atomic mass is 16.7. The van der Waals surface area contributed by atoms with Crippen molar-refractivity contribution in [3.05, 3.63) is 16.8 Å². The molecule has 0 bridgehead atoms. The van der Waals surface area contributed by atoms with Crippen LogP contribution in [0, 0.1) is 31.1 Å². The van der Waals surface area contributed by atoms with Crippen LogP contribution in [0.3, 0.4) is 0 Å². The SMILES string of the molecule is Cc1c(C#N)c(NC(=O)CN2CCC(C3OCCO3)CC2)n(C2CCCC2)c1C. The molecule has 1 aromatic rings. The second-order valence-corrected chi connectivity index (χ2v) is 8.63. The van der Waals surface area contributed by atoms with Crippen LogP contribution in [-0.2, 0) is 14.3 Å². The number of likely N-dealkylation sites (tertiary alicyclic amines) is 1. The summed E-state index contributed by atoms with van der Waals surface area (Å²) in [5.74, 6) is 1.08. The minimum atomic E-state index is -0.0650. The molecule has 0 radical (unpaired) electrons. The Morgan fingerprint density at radius 1 is 1.14 bits per heavy atom. The first-order valence-corrected chi connectivity index (χ1v) is 11.0. The van der Waals surface area contributed by atoms with Crippen LogP contribution in [0.15, 0.2) is 0 Å². The van der Waals surface area contributed by atoms with Crippen molar-refractivity contribution in [2.75, 3.05) is 38.2 Å². The molecule has 2 saturated heterocycles. The highest BCUT2D eigenvalue weighted by molar-refractivity contribution is 5.93. The Morgan fingerprint density at radius 3 is 2.41 bits per heavy atom. The van der Waals surface area contributed by atoms with Gasteiger partial charge < -0.3 is 19.4 Å². The van der Waals surface area contributed by atoms with Crippen molar-refractivity contribution in [2.45, 2.75) is 64.7 Å². The summed E-state index contributed by atoms with van der Waals surface area (Å²) in [5, 5.41) is 12.8. The zero-order valence-corrected chi connectivity index (χ0v) is 17.6. The maximum atomic E-state index is 12.8. The van der Waals surface area contributed by atoms with E-state index < -0.39 is 0 Å². The van der Waals surface area contributed by atoms with Crippen LogP contribution in [0.4, 0.5) is 5.82 Å². The first kappa shape index (κ1) is 20.4. The van der Waals surface area contributed by atoms with E-state index in [4.69, 9.17) is 9.47 Å². The number of carbonyl (C=O) groups excluding carboxylic acids is 1. The van der Waals surface area contributed by atoms with E-state index in [-0.39, 0.29) is 12.2 Å². The summed E-state index contributed by atoms with van der Waals surface area (Å²) in [6, 6.07) is 2.70. The fraction of sp³-hybridized carbons (Fsp3) is 0.727. The Balaban J connectivity index is 1.40. The minimum Gasteiger partial charge on any atom is -0.350 e. The van der Waals surface area contributed by atoms with Gasteiger partial charge in [-0.1, -0.05) is 12.8 Å². The molecule has 158 valence electrons. The average molecular weight is 401 g/mol. The zero-order valence-electron chi connectivity index (χ0n) is 17.6. The molecule has 29 heavy (non-hydrogen) atoms. The molecule has 0 unspecified atom stereocenters. The third-order valence-electron chi connectivity index (χ3n) is 6.85. The molecule has 0 aromatic carbocycles. The molecule has 7 nitrogen and oxygen atoms in total. The number of hydrogen-bond acceptors (Lipinski definition) is 5. The van der Waals surface area contributed by atoms with Crippen molar-refractivity contribution in [3.63, 3.8) is 0 Å². The minimum absolute atomic E-state index is 0.0370. The summed E-state index contributed by atoms with van der Waals surface area (Å²) >= 11 is 0. The molecular formula is C22H32N4O3. The van der Waals surface area contributed by atoms with Crippen LogP contribution < -0.4 is 5.32 Å². The highest BCUT2D eigenvalue weighted by Gasteiger charge is 2.31. The highest BCUT2D eigenvalue weighted by Crippen LogP contribution is 2.37. The van der Waals surface area contributed by atoms with Crippen molar-refractivity contribution in [3.8, 4) is 6.07 Å². The quantitative estimate of drug-likeness (QED) is 0.821. The smallest absolute Gasteiger partial charge is 0.239 e. The summed E-state index contributed by atoms with van der Waals surface area (Å²) in [7, 11) is 0. The van der Waals surface area contributed by atoms with E-state index >= 15 is 0 Å². The van der Waals surface area contributed by atoms with E-state index in [0.29, 0.717) is 43.1 Å². The molecule has 2 aliphatic heterocycles. The summed E-state index contributed by atoms with van der Waals surface area (Å²) in [6.45, 7) is 7.51. The van der Waals surface area contributed by atoms with E-state index in [2.05, 4.69) is 27.8 Å². The summed E-state index contributed by atoms with van der Waals surface area (Å²) in [4.78, 5) is 15.0. The van der Waals surface area contributed by atoms with Gasteiger partial charge in [0.25, 0.3) is 0 Å². The molecule has 0 atom stereocenters. The van der Waals surface area contributed by atoms with Gasteiger partial charge in [-0.15, -0.1) is 0 Å². The molecule has 1 saturated carbocycles. The van der Waals surface area contributed by atoms with E-state index in [1.807, 2.05) is 6.92 Å². The molecule has 1 amide bonds. The van der Waals surface area contributed by atoms with Crippen molar-refractivity contribution >= 4 is 11.7 Å². The van der Waals surface area contributed by atoms with Crippen LogP contribution in [-0.4, -0.2) is 54.5 Å². The predicted molar refractivity (Wildman–Crippen MR) is 110 cm³/mol. The van der Waals surface area contributed by atoms with Crippen molar-refractivity contribution in [1.29, 1.82) is 5.26 Å². The molecule has 3 fully saturated rings. The number of rotatable bonds is 5. The number of nitriles is 1. The maximum Gasteiger partial charge on any atom is 0.239 e. The lowest BCUT2D eigenvalue weighted by Gasteiger charge is -2.33. The van der Waals surface area contributed by atoms with Crippen LogP contribution >= 0.6 is 0 Å². The molecule has 7 heteroatoms. The van der Waals surface area contributed by atoms with Gasteiger partial charge in [0.1, 0.15) is 11.9 Å². The number of hydrogen-bond donors (Lipinski definition) is 1. The number of ether oxygens (including phenoxy) is 2. The number of carbonyl (C=O) groups is 1. The second kappa shape index (κ2) is 8.86. The van der Waals surface area contributed by atoms with Gasteiger partial charge in [0.05, 0.1) is 25.3 Å². The van der Waals surface area contributed by atoms with Gasteiger partial charge in [-0.25, -0.2) is 0 Å². The second-order valence-electron chi connectivity index (χ2n) is 8.63. The van der Waals surface area contributed by atoms with E-state index in [1.54, 1.807) is 0 Å². The number of anilines is 1. The van der Waals surface area contributed by atoms with Crippen LogP contribution in [0.2, 0.25) is 0 Å². The van der Waals surface area contributed by atoms with Gasteiger partial charge in [-0.3, -0.25) is 9.69 Å². The van der Waals surface area contributed by atoms with E-state index in [9.17, 15) is 10.1 Å². The number of piperidine rings is 1. The molecule has 4 rings (SSSR count). The molecule has 3 heterocycles. The maximum absolute atomic E-state index is 12.8. The van der Waals surface area contributed by atoms with Crippen molar-refractivity contribution < 1.29 is 14.3 Å². The first-order chi connectivity index (χ1) is 14.1. The van der Waals surface area contributed by atoms with Gasteiger partial charge in [0.15, 0.2) is 6.29 Å². The molecule has 0 spiro atoms. The fourth-order valence-electron chi connectivity index (χ4n) is 5.11. The Hall–Kier alpha value is -1.88. The lowest BCUT2D eigenvalue weighted by atomic mass is 9.96. The third kappa shape index (κ3) is 4.20. The monoisotopic (exact) mass is 400 g/mol. The number of aromatic nitrogens is 1. The van der Waals surface area contributed by atoms with Gasteiger partial charge in [-0.2, -0.15) is 5.26 Å². The van der Waals surface area contributed by atoms with Crippen LogP contribution in [0.25, 0.3) is 0 Å². The average Bonchev–Trinajstić information content (AvgIpc) is 3.46. The molecule has 1 N–H and O–H groups in total. The van der Waals surface area contributed by atoms with Crippen LogP contribution in [0.1, 0.15) is 61.4 Å². The standard InChI is InChI=1S/C22H32N4O3/c1-15-16(2)26(18-5-3-4-6-18)21(19(15)13-23)24-20(27)14-25-9-7-17(8-10-25)22-28-11-12-29-22/h17-18,22H,3-12,14H2,1-2H3,(H,24,27). The van der Waals surface area contributed by atoms with Gasteiger partial charge in [0.2, 0.25) is 5.91 Å². The van der Waals surface area contributed by atoms with E-state index in [1.165, 1.54) is 12.8 Å². The summed E-state index contributed by atoms with van der Waals surface area (Å²) in [5.41, 5.74) is 2.69. The molecular weight excluding hydrogens is 368 g/mol. The Kier molecular flexibility index (Phi) is 6.23. The molecule has 3 aliphatic rings. The number of nitrogens with one attached hydrogen (secondary N) is 1. The van der Waals surface area contributed by atoms with Gasteiger partial charge >= 0.3 is 0 Å². The third-order valence-corrected chi connectivity index (χ3v) is 6.85. The Bertz CT molecular complexity index is 777. The summed E-state index contributed by atoms with van der Waals surface area (Å²) < 4.78 is 13.5. The fourth-order valence-corrected chi connectivity index (χ4v) is 5.11. The first-order valence-electron chi connectivity index (χ1n) is 11.0. The number of nitrogens with zero attached hydrogens (tertiary/aromatic N) is 3. The number of amides is 1. The molecule has 1 aromatic heterocycles. The lowest BCUT2D eigenvalue weighted by Crippen LogP contribution is -2.42. The summed E-state index contributed by atoms with van der Waals surface area (Å²) in [6.07, 6.45) is 6.55. The predicted octanol–water partition coefficient (Wildman–Crippen LogP) is 3.12. The largest absolute Gasteiger partial charge is 0.350 e. The van der Waals surface area contributed by atoms with Gasteiger partial charge in [-0.05, 0) is 58.2 Å². The van der Waals surface area contributed by atoms with Crippen LogP contribution in [0.5, 0.6) is 0 Å².